The van der Waals surface area contributed by atoms with E-state index in [1.165, 1.54) is 37.1 Å². The first kappa shape index (κ1) is 19.5. The van der Waals surface area contributed by atoms with Crippen LogP contribution in [0.25, 0.3) is 11.1 Å². The second-order valence-corrected chi connectivity index (χ2v) is 7.84. The van der Waals surface area contributed by atoms with Crippen LogP contribution in [0.15, 0.2) is 78.9 Å². The van der Waals surface area contributed by atoms with Gasteiger partial charge in [0.1, 0.15) is 23.9 Å². The molecule has 0 saturated carbocycles. The van der Waals surface area contributed by atoms with Crippen LogP contribution in [0.1, 0.15) is 19.8 Å². The van der Waals surface area contributed by atoms with Crippen LogP contribution in [0.3, 0.4) is 0 Å². The van der Waals surface area contributed by atoms with Crippen LogP contribution in [-0.2, 0) is 0 Å². The summed E-state index contributed by atoms with van der Waals surface area (Å²) in [4.78, 5) is 2.50. The average Bonchev–Trinajstić information content (AvgIpc) is 2.77. The maximum Gasteiger partial charge on any atom is 0.127 e. The Morgan fingerprint density at radius 2 is 1.28 bits per heavy atom. The third-order valence-corrected chi connectivity index (χ3v) is 5.57. The number of likely N-dealkylation sites (tertiary alicyclic amines) is 1. The van der Waals surface area contributed by atoms with E-state index in [0.29, 0.717) is 0 Å². The molecule has 29 heavy (non-hydrogen) atoms. The molecular formula is C26H29NO2. The molecule has 1 aliphatic rings. The molecule has 3 aromatic rings. The first-order valence-electron chi connectivity index (χ1n) is 10.5. The van der Waals surface area contributed by atoms with Gasteiger partial charge in [-0.25, -0.2) is 0 Å². The van der Waals surface area contributed by atoms with Crippen molar-refractivity contribution in [1.82, 2.24) is 4.90 Å². The second-order valence-electron chi connectivity index (χ2n) is 7.84. The quantitative estimate of drug-likeness (QED) is 0.478. The fourth-order valence-corrected chi connectivity index (χ4v) is 3.66. The molecule has 150 valence electrons. The molecule has 4 rings (SSSR count). The van der Waals surface area contributed by atoms with E-state index in [0.717, 1.165) is 36.3 Å². The number of ether oxygens (including phenoxy) is 2. The monoisotopic (exact) mass is 387 g/mol. The highest BCUT2D eigenvalue weighted by Gasteiger charge is 2.15. The fourth-order valence-electron chi connectivity index (χ4n) is 3.66. The van der Waals surface area contributed by atoms with Gasteiger partial charge in [-0.3, -0.25) is 4.90 Å². The zero-order chi connectivity index (χ0) is 19.9. The van der Waals surface area contributed by atoms with Gasteiger partial charge in [-0.15, -0.1) is 0 Å². The van der Waals surface area contributed by atoms with Crippen LogP contribution in [0.5, 0.6) is 17.2 Å². The van der Waals surface area contributed by atoms with E-state index < -0.39 is 0 Å². The van der Waals surface area contributed by atoms with Crippen molar-refractivity contribution in [1.29, 1.82) is 0 Å². The molecular weight excluding hydrogens is 358 g/mol. The zero-order valence-electron chi connectivity index (χ0n) is 17.1. The second kappa shape index (κ2) is 9.62. The van der Waals surface area contributed by atoms with Crippen molar-refractivity contribution in [2.24, 2.45) is 5.92 Å². The molecule has 0 atom stereocenters. The standard InChI is InChI=1S/C26H29NO2/c1-21-15-17-27(18-16-21)19-20-28-24-11-13-26(14-12-24)29-25-9-7-23(8-10-25)22-5-3-2-4-6-22/h2-14,21H,15-20H2,1H3. The lowest BCUT2D eigenvalue weighted by molar-refractivity contribution is 0.160. The molecule has 3 heteroatoms. The highest BCUT2D eigenvalue weighted by Crippen LogP contribution is 2.27. The van der Waals surface area contributed by atoms with Crippen LogP contribution in [0, 0.1) is 5.92 Å². The Labute approximate surface area is 173 Å². The van der Waals surface area contributed by atoms with Gasteiger partial charge in [0.15, 0.2) is 0 Å². The lowest BCUT2D eigenvalue weighted by atomic mass is 9.99. The number of piperidine rings is 1. The molecule has 3 aromatic carbocycles. The number of hydrogen-bond acceptors (Lipinski definition) is 3. The molecule has 0 bridgehead atoms. The Balaban J connectivity index is 1.26. The molecule has 1 fully saturated rings. The van der Waals surface area contributed by atoms with E-state index in [2.05, 4.69) is 48.2 Å². The molecule has 0 aromatic heterocycles. The summed E-state index contributed by atoms with van der Waals surface area (Å²) in [6.07, 6.45) is 2.61. The van der Waals surface area contributed by atoms with E-state index in [4.69, 9.17) is 9.47 Å². The first-order valence-corrected chi connectivity index (χ1v) is 10.5. The van der Waals surface area contributed by atoms with Crippen molar-refractivity contribution < 1.29 is 9.47 Å². The summed E-state index contributed by atoms with van der Waals surface area (Å²) >= 11 is 0. The normalized spacial score (nSPS) is 15.2. The van der Waals surface area contributed by atoms with Gasteiger partial charge in [-0.1, -0.05) is 49.4 Å². The third-order valence-electron chi connectivity index (χ3n) is 5.57. The van der Waals surface area contributed by atoms with Gasteiger partial charge >= 0.3 is 0 Å². The Bertz CT molecular complexity index is 867. The van der Waals surface area contributed by atoms with Gasteiger partial charge in [-0.05, 0) is 79.4 Å². The predicted octanol–water partition coefficient (Wildman–Crippen LogP) is 6.26. The summed E-state index contributed by atoms with van der Waals surface area (Å²) in [7, 11) is 0. The zero-order valence-corrected chi connectivity index (χ0v) is 17.1. The molecule has 0 spiro atoms. The Kier molecular flexibility index (Phi) is 6.48. The van der Waals surface area contributed by atoms with E-state index in [1.54, 1.807) is 0 Å². The lowest BCUT2D eigenvalue weighted by Gasteiger charge is -2.29. The summed E-state index contributed by atoms with van der Waals surface area (Å²) in [5.41, 5.74) is 2.39. The SMILES string of the molecule is CC1CCN(CCOc2ccc(Oc3ccc(-c4ccccc4)cc3)cc2)CC1. The van der Waals surface area contributed by atoms with Crippen molar-refractivity contribution in [3.8, 4) is 28.4 Å². The Hall–Kier alpha value is -2.78. The molecule has 1 heterocycles. The number of nitrogens with zero attached hydrogens (tertiary/aromatic N) is 1. The van der Waals surface area contributed by atoms with Gasteiger partial charge in [0.2, 0.25) is 0 Å². The van der Waals surface area contributed by atoms with Crippen LogP contribution >= 0.6 is 0 Å². The Morgan fingerprint density at radius 1 is 0.724 bits per heavy atom. The highest BCUT2D eigenvalue weighted by molar-refractivity contribution is 5.64. The van der Waals surface area contributed by atoms with Gasteiger partial charge in [0.05, 0.1) is 0 Å². The van der Waals surface area contributed by atoms with Crippen molar-refractivity contribution in [2.75, 3.05) is 26.2 Å². The molecule has 3 nitrogen and oxygen atoms in total. The molecule has 0 unspecified atom stereocenters. The fraction of sp³-hybridized carbons (Fsp3) is 0.308. The van der Waals surface area contributed by atoms with Crippen molar-refractivity contribution in [3.05, 3.63) is 78.9 Å². The highest BCUT2D eigenvalue weighted by atomic mass is 16.5. The number of hydrogen-bond donors (Lipinski definition) is 0. The molecule has 0 amide bonds. The van der Waals surface area contributed by atoms with Crippen molar-refractivity contribution >= 4 is 0 Å². The van der Waals surface area contributed by atoms with E-state index in [9.17, 15) is 0 Å². The molecule has 0 N–H and O–H groups in total. The largest absolute Gasteiger partial charge is 0.492 e. The van der Waals surface area contributed by atoms with Crippen molar-refractivity contribution in [2.45, 2.75) is 19.8 Å². The number of rotatable bonds is 7. The maximum atomic E-state index is 5.97. The lowest BCUT2D eigenvalue weighted by Crippen LogP contribution is -2.35. The van der Waals surface area contributed by atoms with Crippen molar-refractivity contribution in [3.63, 3.8) is 0 Å². The first-order chi connectivity index (χ1) is 14.3. The molecule has 0 radical (unpaired) electrons. The minimum absolute atomic E-state index is 0.732. The van der Waals surface area contributed by atoms with Crippen LogP contribution in [0.4, 0.5) is 0 Å². The maximum absolute atomic E-state index is 5.97. The van der Waals surface area contributed by atoms with E-state index in [-0.39, 0.29) is 0 Å². The van der Waals surface area contributed by atoms with Gasteiger partial charge in [0.25, 0.3) is 0 Å². The summed E-state index contributed by atoms with van der Waals surface area (Å²) < 4.78 is 11.9. The Morgan fingerprint density at radius 3 is 1.93 bits per heavy atom. The topological polar surface area (TPSA) is 21.7 Å². The third kappa shape index (κ3) is 5.61. The summed E-state index contributed by atoms with van der Waals surface area (Å²) in [5.74, 6) is 3.41. The van der Waals surface area contributed by atoms with Crippen LogP contribution in [-0.4, -0.2) is 31.1 Å². The summed E-state index contributed by atoms with van der Waals surface area (Å²) in [6.45, 7) is 6.46. The molecule has 1 saturated heterocycles. The average molecular weight is 388 g/mol. The van der Waals surface area contributed by atoms with Gasteiger partial charge in [-0.2, -0.15) is 0 Å². The van der Waals surface area contributed by atoms with Gasteiger partial charge < -0.3 is 9.47 Å². The van der Waals surface area contributed by atoms with Gasteiger partial charge in [0, 0.05) is 6.54 Å². The van der Waals surface area contributed by atoms with Crippen LogP contribution in [0.2, 0.25) is 0 Å². The smallest absolute Gasteiger partial charge is 0.127 e. The predicted molar refractivity (Wildman–Crippen MR) is 119 cm³/mol. The summed E-state index contributed by atoms with van der Waals surface area (Å²) in [6, 6.07) is 26.4. The molecule has 1 aliphatic heterocycles. The number of benzene rings is 3. The minimum Gasteiger partial charge on any atom is -0.492 e. The van der Waals surface area contributed by atoms with E-state index in [1.807, 2.05) is 42.5 Å². The van der Waals surface area contributed by atoms with Crippen LogP contribution < -0.4 is 9.47 Å². The minimum atomic E-state index is 0.732. The molecule has 0 aliphatic carbocycles. The van der Waals surface area contributed by atoms with E-state index >= 15 is 0 Å². The summed E-state index contributed by atoms with van der Waals surface area (Å²) in [5, 5.41) is 0.